The predicted octanol–water partition coefficient (Wildman–Crippen LogP) is 3.37. The van der Waals surface area contributed by atoms with Crippen molar-refractivity contribution in [2.24, 2.45) is 5.73 Å². The molecule has 92 valence electrons. The summed E-state index contributed by atoms with van der Waals surface area (Å²) in [6.45, 7) is 0. The van der Waals surface area contributed by atoms with Crippen molar-refractivity contribution < 1.29 is 9.13 Å². The summed E-state index contributed by atoms with van der Waals surface area (Å²) >= 11 is 1.55. The van der Waals surface area contributed by atoms with Crippen LogP contribution in [0.3, 0.4) is 0 Å². The first-order valence-electron chi connectivity index (χ1n) is 4.83. The van der Waals surface area contributed by atoms with Gasteiger partial charge in [0.1, 0.15) is 11.6 Å². The van der Waals surface area contributed by atoms with E-state index in [2.05, 4.69) is 0 Å². The van der Waals surface area contributed by atoms with Gasteiger partial charge in [-0.25, -0.2) is 4.39 Å². The topological polar surface area (TPSA) is 35.2 Å². The highest BCUT2D eigenvalue weighted by Gasteiger charge is 2.14. The summed E-state index contributed by atoms with van der Waals surface area (Å²) in [6.07, 6.45) is 0. The number of thiophene rings is 1. The van der Waals surface area contributed by atoms with E-state index in [0.29, 0.717) is 11.3 Å². The standard InChI is InChI=1S/C12H12FNOS.ClH/c1-15-9-2-3-10(11(13)6-9)12(14)8-4-5-16-7-8;/h2-7,12H,14H2,1H3;1H/t12-;/m0./s1. The minimum absolute atomic E-state index is 0. The molecule has 0 radical (unpaired) electrons. The average molecular weight is 274 g/mol. The number of rotatable bonds is 3. The third-order valence-corrected chi connectivity index (χ3v) is 3.15. The Morgan fingerprint density at radius 2 is 2.12 bits per heavy atom. The zero-order chi connectivity index (χ0) is 11.5. The Labute approximate surface area is 110 Å². The molecular formula is C12H13ClFNOS. The van der Waals surface area contributed by atoms with Crippen molar-refractivity contribution in [2.45, 2.75) is 6.04 Å². The van der Waals surface area contributed by atoms with Gasteiger partial charge in [0.05, 0.1) is 13.2 Å². The number of halogens is 2. The van der Waals surface area contributed by atoms with Crippen molar-refractivity contribution in [3.05, 3.63) is 52.0 Å². The Morgan fingerprint density at radius 3 is 2.65 bits per heavy atom. The molecule has 0 spiro atoms. The summed E-state index contributed by atoms with van der Waals surface area (Å²) in [5.74, 6) is 0.164. The van der Waals surface area contributed by atoms with Gasteiger partial charge in [0.15, 0.2) is 0 Å². The van der Waals surface area contributed by atoms with Gasteiger partial charge in [-0.2, -0.15) is 11.3 Å². The van der Waals surface area contributed by atoms with E-state index in [1.807, 2.05) is 16.8 Å². The lowest BCUT2D eigenvalue weighted by Crippen LogP contribution is -2.12. The first-order valence-corrected chi connectivity index (χ1v) is 5.77. The van der Waals surface area contributed by atoms with Gasteiger partial charge >= 0.3 is 0 Å². The summed E-state index contributed by atoms with van der Waals surface area (Å²) in [4.78, 5) is 0. The van der Waals surface area contributed by atoms with Gasteiger partial charge < -0.3 is 10.5 Å². The molecule has 1 heterocycles. The molecule has 1 aromatic heterocycles. The smallest absolute Gasteiger partial charge is 0.132 e. The average Bonchev–Trinajstić information content (AvgIpc) is 2.81. The van der Waals surface area contributed by atoms with E-state index < -0.39 is 6.04 Å². The summed E-state index contributed by atoms with van der Waals surface area (Å²) in [5, 5.41) is 3.85. The lowest BCUT2D eigenvalue weighted by atomic mass is 10.0. The van der Waals surface area contributed by atoms with Crippen molar-refractivity contribution in [3.8, 4) is 5.75 Å². The van der Waals surface area contributed by atoms with Gasteiger partial charge in [-0.1, -0.05) is 6.07 Å². The molecule has 0 bridgehead atoms. The Morgan fingerprint density at radius 1 is 1.35 bits per heavy atom. The SMILES string of the molecule is COc1ccc([C@@H](N)c2ccsc2)c(F)c1.Cl. The van der Waals surface area contributed by atoms with Crippen LogP contribution in [0.15, 0.2) is 35.0 Å². The molecule has 0 amide bonds. The highest BCUT2D eigenvalue weighted by molar-refractivity contribution is 7.08. The van der Waals surface area contributed by atoms with E-state index in [-0.39, 0.29) is 18.2 Å². The maximum absolute atomic E-state index is 13.7. The molecular weight excluding hydrogens is 261 g/mol. The Balaban J connectivity index is 0.00000144. The van der Waals surface area contributed by atoms with E-state index in [1.54, 1.807) is 23.5 Å². The number of benzene rings is 1. The number of hydrogen-bond donors (Lipinski definition) is 1. The van der Waals surface area contributed by atoms with E-state index in [0.717, 1.165) is 5.56 Å². The van der Waals surface area contributed by atoms with Crippen LogP contribution in [0.4, 0.5) is 4.39 Å². The summed E-state index contributed by atoms with van der Waals surface area (Å²) < 4.78 is 18.7. The normalized spacial score (nSPS) is 11.7. The van der Waals surface area contributed by atoms with Crippen LogP contribution < -0.4 is 10.5 Å². The van der Waals surface area contributed by atoms with Gasteiger partial charge in [0.2, 0.25) is 0 Å². The quantitative estimate of drug-likeness (QED) is 0.931. The maximum Gasteiger partial charge on any atom is 0.132 e. The summed E-state index contributed by atoms with van der Waals surface area (Å²) in [6, 6.07) is 6.21. The molecule has 5 heteroatoms. The summed E-state index contributed by atoms with van der Waals surface area (Å²) in [7, 11) is 1.51. The van der Waals surface area contributed by atoms with E-state index >= 15 is 0 Å². The lowest BCUT2D eigenvalue weighted by Gasteiger charge is -2.12. The lowest BCUT2D eigenvalue weighted by molar-refractivity contribution is 0.410. The number of nitrogens with two attached hydrogens (primary N) is 1. The predicted molar refractivity (Wildman–Crippen MR) is 70.5 cm³/mol. The highest BCUT2D eigenvalue weighted by Crippen LogP contribution is 2.26. The molecule has 0 saturated heterocycles. The van der Waals surface area contributed by atoms with Crippen molar-refractivity contribution in [1.82, 2.24) is 0 Å². The molecule has 1 aromatic carbocycles. The Kier molecular flexibility index (Phi) is 4.93. The fraction of sp³-hybridized carbons (Fsp3) is 0.167. The molecule has 2 N–H and O–H groups in total. The second-order valence-electron chi connectivity index (χ2n) is 3.42. The fourth-order valence-corrected chi connectivity index (χ4v) is 2.22. The van der Waals surface area contributed by atoms with E-state index in [9.17, 15) is 4.39 Å². The highest BCUT2D eigenvalue weighted by atomic mass is 35.5. The Bertz CT molecular complexity index is 475. The van der Waals surface area contributed by atoms with Crippen LogP contribution in [0.25, 0.3) is 0 Å². The number of hydrogen-bond acceptors (Lipinski definition) is 3. The molecule has 0 aliphatic rings. The van der Waals surface area contributed by atoms with Crippen LogP contribution in [0.1, 0.15) is 17.2 Å². The van der Waals surface area contributed by atoms with Gasteiger partial charge in [0, 0.05) is 11.6 Å². The van der Waals surface area contributed by atoms with E-state index in [1.165, 1.54) is 13.2 Å². The van der Waals surface area contributed by atoms with Crippen LogP contribution in [-0.2, 0) is 0 Å². The van der Waals surface area contributed by atoms with Gasteiger partial charge in [0.25, 0.3) is 0 Å². The molecule has 2 rings (SSSR count). The third-order valence-electron chi connectivity index (χ3n) is 2.44. The largest absolute Gasteiger partial charge is 0.497 e. The van der Waals surface area contributed by atoms with Crippen LogP contribution in [0.5, 0.6) is 5.75 Å². The van der Waals surface area contributed by atoms with Crippen molar-refractivity contribution in [3.63, 3.8) is 0 Å². The third kappa shape index (κ3) is 2.97. The van der Waals surface area contributed by atoms with Crippen molar-refractivity contribution >= 4 is 23.7 Å². The molecule has 0 fully saturated rings. The molecule has 1 atom stereocenters. The zero-order valence-electron chi connectivity index (χ0n) is 9.22. The van der Waals surface area contributed by atoms with Crippen LogP contribution in [-0.4, -0.2) is 7.11 Å². The monoisotopic (exact) mass is 273 g/mol. The fourth-order valence-electron chi connectivity index (χ4n) is 1.52. The van der Waals surface area contributed by atoms with Gasteiger partial charge in [-0.05, 0) is 28.5 Å². The zero-order valence-corrected chi connectivity index (χ0v) is 10.9. The van der Waals surface area contributed by atoms with Gasteiger partial charge in [-0.15, -0.1) is 12.4 Å². The number of methoxy groups -OCH3 is 1. The molecule has 0 unspecified atom stereocenters. The van der Waals surface area contributed by atoms with E-state index in [4.69, 9.17) is 10.5 Å². The second kappa shape index (κ2) is 6.00. The molecule has 2 aromatic rings. The molecule has 0 aliphatic carbocycles. The van der Waals surface area contributed by atoms with Crippen LogP contribution in [0.2, 0.25) is 0 Å². The van der Waals surface area contributed by atoms with Gasteiger partial charge in [-0.3, -0.25) is 0 Å². The molecule has 0 aliphatic heterocycles. The minimum Gasteiger partial charge on any atom is -0.497 e. The summed E-state index contributed by atoms with van der Waals surface area (Å²) in [5.41, 5.74) is 7.39. The van der Waals surface area contributed by atoms with Crippen LogP contribution in [0, 0.1) is 5.82 Å². The molecule has 2 nitrogen and oxygen atoms in total. The van der Waals surface area contributed by atoms with Crippen LogP contribution >= 0.6 is 23.7 Å². The maximum atomic E-state index is 13.7. The number of ether oxygens (including phenoxy) is 1. The molecule has 17 heavy (non-hydrogen) atoms. The van der Waals surface area contributed by atoms with Crippen molar-refractivity contribution in [1.29, 1.82) is 0 Å². The first kappa shape index (κ1) is 14.0. The van der Waals surface area contributed by atoms with Crippen molar-refractivity contribution in [2.75, 3.05) is 7.11 Å². The Hall–Kier alpha value is -1.10. The minimum atomic E-state index is -0.419. The first-order chi connectivity index (χ1) is 7.72. The second-order valence-corrected chi connectivity index (χ2v) is 4.20. The molecule has 0 saturated carbocycles.